The summed E-state index contributed by atoms with van der Waals surface area (Å²) in [7, 11) is 1.73. The summed E-state index contributed by atoms with van der Waals surface area (Å²) in [4.78, 5) is 0. The second-order valence-electron chi connectivity index (χ2n) is 3.69. The highest BCUT2D eigenvalue weighted by Gasteiger charge is 2.51. The van der Waals surface area contributed by atoms with Gasteiger partial charge in [0.1, 0.15) is 5.79 Å². The molecule has 1 saturated carbocycles. The van der Waals surface area contributed by atoms with Gasteiger partial charge in [0, 0.05) is 13.7 Å². The molecule has 64 valence electrons. The molecule has 0 aromatic carbocycles. The highest BCUT2D eigenvalue weighted by atomic mass is 16.7. The molecule has 2 fully saturated rings. The molecule has 0 aromatic heterocycles. The van der Waals surface area contributed by atoms with Gasteiger partial charge in [0.25, 0.3) is 0 Å². The summed E-state index contributed by atoms with van der Waals surface area (Å²) in [6, 6.07) is 0. The minimum atomic E-state index is -0.326. The molecule has 2 rings (SSSR count). The zero-order valence-corrected chi connectivity index (χ0v) is 7.06. The molecule has 2 heteroatoms. The predicted octanol–water partition coefficient (Wildman–Crippen LogP) is 1.75. The van der Waals surface area contributed by atoms with E-state index >= 15 is 0 Å². The second kappa shape index (κ2) is 2.20. The van der Waals surface area contributed by atoms with Crippen molar-refractivity contribution in [1.82, 2.24) is 0 Å². The lowest BCUT2D eigenvalue weighted by molar-refractivity contribution is -0.221. The molecule has 0 spiro atoms. The van der Waals surface area contributed by atoms with E-state index in [1.807, 2.05) is 0 Å². The van der Waals surface area contributed by atoms with Gasteiger partial charge >= 0.3 is 0 Å². The Kier molecular flexibility index (Phi) is 1.52. The average Bonchev–Trinajstić information content (AvgIpc) is 2.41. The van der Waals surface area contributed by atoms with E-state index in [0.29, 0.717) is 0 Å². The van der Waals surface area contributed by atoms with Gasteiger partial charge in [-0.25, -0.2) is 0 Å². The Labute approximate surface area is 67.9 Å². The Morgan fingerprint density at radius 3 is 2.82 bits per heavy atom. The van der Waals surface area contributed by atoms with Crippen molar-refractivity contribution < 1.29 is 9.47 Å². The van der Waals surface area contributed by atoms with Crippen molar-refractivity contribution >= 4 is 0 Å². The monoisotopic (exact) mass is 155 g/mol. The highest BCUT2D eigenvalue weighted by Crippen LogP contribution is 2.54. The Bertz CT molecular complexity index is 155. The van der Waals surface area contributed by atoms with Gasteiger partial charge in [0.15, 0.2) is 0 Å². The van der Waals surface area contributed by atoms with E-state index in [0.717, 1.165) is 25.9 Å². The maximum atomic E-state index is 5.63. The molecule has 0 radical (unpaired) electrons. The molecule has 2 atom stereocenters. The van der Waals surface area contributed by atoms with Crippen molar-refractivity contribution in [2.75, 3.05) is 13.7 Å². The predicted molar refractivity (Wildman–Crippen MR) is 42.0 cm³/mol. The van der Waals surface area contributed by atoms with Crippen LogP contribution in [0.4, 0.5) is 0 Å². The van der Waals surface area contributed by atoms with Crippen LogP contribution in [0.5, 0.6) is 0 Å². The summed E-state index contributed by atoms with van der Waals surface area (Å²) in [5.41, 5.74) is 0.0573. The molecule has 1 saturated heterocycles. The molecular formula is C9H15O2-. The average molecular weight is 155 g/mol. The van der Waals surface area contributed by atoms with Gasteiger partial charge in [0.2, 0.25) is 0 Å². The van der Waals surface area contributed by atoms with E-state index in [2.05, 4.69) is 6.92 Å². The van der Waals surface area contributed by atoms with Crippen LogP contribution in [0, 0.1) is 12.3 Å². The van der Waals surface area contributed by atoms with Gasteiger partial charge in [-0.05, 0) is 12.8 Å². The lowest BCUT2D eigenvalue weighted by Crippen LogP contribution is -2.40. The molecule has 0 aromatic rings. The third kappa shape index (κ3) is 0.798. The largest absolute Gasteiger partial charge is 0.355 e. The first-order valence-corrected chi connectivity index (χ1v) is 4.27. The van der Waals surface area contributed by atoms with Gasteiger partial charge in [-0.3, -0.25) is 0 Å². The minimum Gasteiger partial charge on any atom is -0.355 e. The summed E-state index contributed by atoms with van der Waals surface area (Å²) >= 11 is 0. The third-order valence-electron chi connectivity index (χ3n) is 3.21. The Balaban J connectivity index is 2.28. The van der Waals surface area contributed by atoms with Crippen molar-refractivity contribution in [2.45, 2.75) is 31.5 Å². The van der Waals surface area contributed by atoms with Crippen LogP contribution in [0.15, 0.2) is 0 Å². The van der Waals surface area contributed by atoms with E-state index in [1.165, 1.54) is 6.42 Å². The Morgan fingerprint density at radius 1 is 1.36 bits per heavy atom. The van der Waals surface area contributed by atoms with Gasteiger partial charge < -0.3 is 16.4 Å². The van der Waals surface area contributed by atoms with Gasteiger partial charge in [-0.2, -0.15) is 0 Å². The van der Waals surface area contributed by atoms with Crippen LogP contribution in [-0.2, 0) is 9.47 Å². The van der Waals surface area contributed by atoms with Crippen LogP contribution in [0.25, 0.3) is 0 Å². The van der Waals surface area contributed by atoms with Crippen molar-refractivity contribution in [1.29, 1.82) is 0 Å². The Morgan fingerprint density at radius 2 is 2.18 bits per heavy atom. The first-order valence-electron chi connectivity index (χ1n) is 4.27. The summed E-state index contributed by atoms with van der Waals surface area (Å²) in [6.45, 7) is 5.04. The van der Waals surface area contributed by atoms with E-state index in [-0.39, 0.29) is 11.2 Å². The van der Waals surface area contributed by atoms with Crippen molar-refractivity contribution in [3.8, 4) is 0 Å². The van der Waals surface area contributed by atoms with E-state index in [9.17, 15) is 0 Å². The van der Waals surface area contributed by atoms with Crippen LogP contribution in [0.2, 0.25) is 0 Å². The van der Waals surface area contributed by atoms with E-state index in [1.54, 1.807) is 7.11 Å². The molecule has 2 nitrogen and oxygen atoms in total. The standard InChI is InChI=1S/C9H15O2/c1-8-4-3-5-9(8,10-2)11-7-6-8/h1,3-7H2,2H3/q-1/t8-,9-/m0/s1. The Hall–Kier alpha value is -0.0800. The minimum absolute atomic E-state index is 0.0573. The van der Waals surface area contributed by atoms with Crippen LogP contribution in [-0.4, -0.2) is 19.5 Å². The number of methoxy groups -OCH3 is 1. The van der Waals surface area contributed by atoms with Crippen LogP contribution >= 0.6 is 0 Å². The zero-order chi connectivity index (χ0) is 7.95. The number of ether oxygens (including phenoxy) is 2. The summed E-state index contributed by atoms with van der Waals surface area (Å²) in [5, 5.41) is 0. The topological polar surface area (TPSA) is 18.5 Å². The zero-order valence-electron chi connectivity index (χ0n) is 7.06. The first kappa shape index (κ1) is 7.56. The van der Waals surface area contributed by atoms with Crippen molar-refractivity contribution in [2.24, 2.45) is 5.41 Å². The number of hydrogen-bond donors (Lipinski definition) is 0. The fraction of sp³-hybridized carbons (Fsp3) is 0.889. The maximum Gasteiger partial charge on any atom is 0.146 e. The molecule has 0 amide bonds. The number of fused-ring (bicyclic) bond motifs is 1. The number of hydrogen-bond acceptors (Lipinski definition) is 2. The fourth-order valence-corrected chi connectivity index (χ4v) is 2.44. The summed E-state index contributed by atoms with van der Waals surface area (Å²) in [6.07, 6.45) is 4.42. The fourth-order valence-electron chi connectivity index (χ4n) is 2.44. The molecule has 0 bridgehead atoms. The normalized spacial score (nSPS) is 49.6. The highest BCUT2D eigenvalue weighted by molar-refractivity contribution is 5.04. The molecule has 1 heterocycles. The molecule has 1 aliphatic heterocycles. The van der Waals surface area contributed by atoms with Crippen LogP contribution < -0.4 is 0 Å². The second-order valence-corrected chi connectivity index (χ2v) is 3.69. The smallest absolute Gasteiger partial charge is 0.146 e. The van der Waals surface area contributed by atoms with Crippen LogP contribution in [0.1, 0.15) is 25.7 Å². The lowest BCUT2D eigenvalue weighted by atomic mass is 9.83. The third-order valence-corrected chi connectivity index (χ3v) is 3.21. The molecule has 1 aliphatic carbocycles. The van der Waals surface area contributed by atoms with Gasteiger partial charge in [0.05, 0.1) is 0 Å². The van der Waals surface area contributed by atoms with Crippen molar-refractivity contribution in [3.05, 3.63) is 6.92 Å². The van der Waals surface area contributed by atoms with E-state index in [4.69, 9.17) is 9.47 Å². The van der Waals surface area contributed by atoms with Crippen molar-refractivity contribution in [3.63, 3.8) is 0 Å². The molecule has 2 aliphatic rings. The maximum absolute atomic E-state index is 5.63. The number of rotatable bonds is 1. The summed E-state index contributed by atoms with van der Waals surface area (Å²) in [5.74, 6) is -0.326. The summed E-state index contributed by atoms with van der Waals surface area (Å²) < 4.78 is 11.1. The molecular weight excluding hydrogens is 140 g/mol. The van der Waals surface area contributed by atoms with E-state index < -0.39 is 0 Å². The quantitative estimate of drug-likeness (QED) is 0.537. The molecule has 0 unspecified atom stereocenters. The van der Waals surface area contributed by atoms with Crippen LogP contribution in [0.3, 0.4) is 0 Å². The SMILES string of the molecule is [CH2-][C@@]12CCC[C@]1(OC)OCC2. The lowest BCUT2D eigenvalue weighted by Gasteiger charge is -2.40. The molecule has 0 N–H and O–H groups in total. The first-order chi connectivity index (χ1) is 5.22. The molecule has 11 heavy (non-hydrogen) atoms. The van der Waals surface area contributed by atoms with Gasteiger partial charge in [-0.1, -0.05) is 12.8 Å². The van der Waals surface area contributed by atoms with Gasteiger partial charge in [-0.15, -0.1) is 5.41 Å².